The normalized spacial score (nSPS) is 11.3. The van der Waals surface area contributed by atoms with Crippen LogP contribution < -0.4 is 21.9 Å². The Labute approximate surface area is 206 Å². The van der Waals surface area contributed by atoms with Gasteiger partial charge < -0.3 is 10.6 Å². The fourth-order valence-electron chi connectivity index (χ4n) is 4.07. The first-order valence-corrected chi connectivity index (χ1v) is 12.6. The topological polar surface area (TPSA) is 132 Å². The van der Waals surface area contributed by atoms with Crippen LogP contribution in [0.5, 0.6) is 0 Å². The van der Waals surface area contributed by atoms with Gasteiger partial charge >= 0.3 is 5.69 Å². The van der Waals surface area contributed by atoms with Crippen LogP contribution in [0.1, 0.15) is 50.4 Å². The summed E-state index contributed by atoms with van der Waals surface area (Å²) in [4.78, 5) is 48.8. The fourth-order valence-corrected chi connectivity index (χ4v) is 4.75. The Bertz CT molecular complexity index is 1470. The van der Waals surface area contributed by atoms with Crippen molar-refractivity contribution in [2.24, 2.45) is 0 Å². The van der Waals surface area contributed by atoms with Crippen molar-refractivity contribution in [1.82, 2.24) is 24.3 Å². The molecule has 0 bridgehead atoms. The maximum absolute atomic E-state index is 14.1. The van der Waals surface area contributed by atoms with Crippen molar-refractivity contribution in [2.45, 2.75) is 53.1 Å². The van der Waals surface area contributed by atoms with Gasteiger partial charge in [-0.1, -0.05) is 26.3 Å². The van der Waals surface area contributed by atoms with Crippen LogP contribution in [-0.2, 0) is 13.1 Å². The largest absolute Gasteiger partial charge is 0.383 e. The van der Waals surface area contributed by atoms with Gasteiger partial charge in [0.25, 0.3) is 11.5 Å². The number of nitrogens with two attached hydrogens (primary N) is 1. The van der Waals surface area contributed by atoms with Gasteiger partial charge in [0, 0.05) is 19.6 Å². The lowest BCUT2D eigenvalue weighted by atomic mass is 10.1. The number of nitrogens with zero attached hydrogens (tertiary/aromatic N) is 5. The van der Waals surface area contributed by atoms with Crippen LogP contribution in [0.3, 0.4) is 0 Å². The molecule has 1 amide bonds. The molecule has 0 saturated carbocycles. The molecule has 4 aromatic heterocycles. The smallest absolute Gasteiger partial charge is 0.330 e. The Balaban J connectivity index is 1.94. The van der Waals surface area contributed by atoms with E-state index in [-0.39, 0.29) is 18.1 Å². The molecule has 0 aliphatic rings. The quantitative estimate of drug-likeness (QED) is 0.365. The van der Waals surface area contributed by atoms with Crippen molar-refractivity contribution in [3.8, 4) is 10.6 Å². The molecule has 0 aliphatic carbocycles. The zero-order valence-corrected chi connectivity index (χ0v) is 20.9. The summed E-state index contributed by atoms with van der Waals surface area (Å²) in [5.74, 6) is -0.406. The third kappa shape index (κ3) is 4.51. The van der Waals surface area contributed by atoms with Crippen LogP contribution in [0.2, 0.25) is 0 Å². The van der Waals surface area contributed by atoms with Gasteiger partial charge in [-0.05, 0) is 37.3 Å². The number of nitrogens with one attached hydrogen (secondary N) is 1. The summed E-state index contributed by atoms with van der Waals surface area (Å²) in [6.07, 6.45) is 3.72. The summed E-state index contributed by atoms with van der Waals surface area (Å²) in [6, 6.07) is 5.61. The van der Waals surface area contributed by atoms with E-state index in [2.05, 4.69) is 10.1 Å². The van der Waals surface area contributed by atoms with Gasteiger partial charge in [-0.2, -0.15) is 5.10 Å². The van der Waals surface area contributed by atoms with Gasteiger partial charge in [0.15, 0.2) is 11.3 Å². The molecule has 0 aliphatic heterocycles. The predicted octanol–water partition coefficient (Wildman–Crippen LogP) is 3.47. The van der Waals surface area contributed by atoms with Crippen molar-refractivity contribution in [1.29, 1.82) is 0 Å². The van der Waals surface area contributed by atoms with Gasteiger partial charge in [0.05, 0.1) is 27.7 Å². The Morgan fingerprint density at radius 2 is 2.03 bits per heavy atom. The molecule has 0 fully saturated rings. The molecule has 0 aromatic carbocycles. The molecule has 3 N–H and O–H groups in total. The molecular weight excluding hydrogens is 466 g/mol. The lowest BCUT2D eigenvalue weighted by Gasteiger charge is -2.25. The number of H-pyrrole nitrogens is 1. The molecule has 0 spiro atoms. The zero-order valence-electron chi connectivity index (χ0n) is 20.1. The molecular formula is C24H29N7O3S. The number of pyridine rings is 1. The first-order valence-electron chi connectivity index (χ1n) is 11.8. The summed E-state index contributed by atoms with van der Waals surface area (Å²) in [7, 11) is 0. The first kappa shape index (κ1) is 24.4. The molecule has 11 heteroatoms. The third-order valence-electron chi connectivity index (χ3n) is 5.82. The third-order valence-corrected chi connectivity index (χ3v) is 6.72. The van der Waals surface area contributed by atoms with E-state index in [9.17, 15) is 14.4 Å². The van der Waals surface area contributed by atoms with Gasteiger partial charge in [0.2, 0.25) is 0 Å². The van der Waals surface area contributed by atoms with Crippen molar-refractivity contribution in [2.75, 3.05) is 17.2 Å². The molecule has 0 atom stereocenters. The average molecular weight is 496 g/mol. The minimum Gasteiger partial charge on any atom is -0.383 e. The number of hydrogen-bond donors (Lipinski definition) is 2. The van der Waals surface area contributed by atoms with Gasteiger partial charge in [-0.25, -0.2) is 14.5 Å². The zero-order chi connectivity index (χ0) is 25.1. The van der Waals surface area contributed by atoms with Crippen LogP contribution in [0.4, 0.5) is 11.5 Å². The van der Waals surface area contributed by atoms with Crippen molar-refractivity contribution < 1.29 is 4.79 Å². The molecule has 0 unspecified atom stereocenters. The molecule has 0 radical (unpaired) electrons. The molecule has 4 aromatic rings. The number of rotatable bonds is 9. The number of carbonyl (C=O) groups is 1. The number of aromatic nitrogens is 5. The second kappa shape index (κ2) is 10.3. The predicted molar refractivity (Wildman–Crippen MR) is 139 cm³/mol. The van der Waals surface area contributed by atoms with Crippen LogP contribution in [0.15, 0.2) is 39.4 Å². The average Bonchev–Trinajstić information content (AvgIpc) is 3.52. The highest BCUT2D eigenvalue weighted by atomic mass is 32.1. The van der Waals surface area contributed by atoms with E-state index in [1.165, 1.54) is 20.8 Å². The van der Waals surface area contributed by atoms with Gasteiger partial charge in [-0.15, -0.1) is 11.3 Å². The Hall–Kier alpha value is -3.73. The highest BCUT2D eigenvalue weighted by Gasteiger charge is 2.27. The first-order chi connectivity index (χ1) is 16.9. The number of unbranched alkanes of at least 4 members (excludes halogenated alkanes) is 1. The van der Waals surface area contributed by atoms with Crippen LogP contribution in [0.25, 0.3) is 21.6 Å². The molecule has 184 valence electrons. The van der Waals surface area contributed by atoms with Crippen molar-refractivity contribution in [3.05, 3.63) is 56.2 Å². The van der Waals surface area contributed by atoms with Crippen LogP contribution in [0, 0.1) is 0 Å². The lowest BCUT2D eigenvalue weighted by molar-refractivity contribution is 0.0987. The second-order valence-corrected chi connectivity index (χ2v) is 9.13. The summed E-state index contributed by atoms with van der Waals surface area (Å²) in [5, 5.41) is 6.95. The Morgan fingerprint density at radius 1 is 1.23 bits per heavy atom. The van der Waals surface area contributed by atoms with Crippen molar-refractivity contribution in [3.63, 3.8) is 0 Å². The van der Waals surface area contributed by atoms with E-state index < -0.39 is 17.2 Å². The Kier molecular flexibility index (Phi) is 7.15. The van der Waals surface area contributed by atoms with Gasteiger partial charge in [0.1, 0.15) is 5.82 Å². The Morgan fingerprint density at radius 3 is 2.69 bits per heavy atom. The number of anilines is 2. The number of fused-ring (bicyclic) bond motifs is 1. The number of carbonyl (C=O) groups excluding carboxylic acids is 1. The maximum atomic E-state index is 14.1. The maximum Gasteiger partial charge on any atom is 0.330 e. The number of thiophene rings is 1. The van der Waals surface area contributed by atoms with E-state index in [0.29, 0.717) is 48.2 Å². The van der Waals surface area contributed by atoms with E-state index in [1.54, 1.807) is 16.9 Å². The number of nitrogen functional groups attached to an aromatic ring is 1. The summed E-state index contributed by atoms with van der Waals surface area (Å²) < 4.78 is 3.04. The number of aryl methyl sites for hydroxylation is 1. The van der Waals surface area contributed by atoms with Crippen molar-refractivity contribution >= 4 is 39.8 Å². The molecule has 4 heterocycles. The number of aromatic amines is 1. The van der Waals surface area contributed by atoms with E-state index in [4.69, 9.17) is 10.7 Å². The highest BCUT2D eigenvalue weighted by molar-refractivity contribution is 7.13. The molecule has 10 nitrogen and oxygen atoms in total. The van der Waals surface area contributed by atoms with Crippen LogP contribution >= 0.6 is 11.3 Å². The fraction of sp³-hybridized carbons (Fsp3) is 0.375. The molecule has 4 rings (SSSR count). The minimum absolute atomic E-state index is 0.0120. The standard InChI is InChI=1S/C24H29N7O3S/c1-4-7-11-29(19-20(25)30(10-5-2)24(34)28-22(19)32)23(33)15-13-17(18-9-8-12-35-18)27-21-16(15)14-26-31(21)6-3/h8-9,12-14H,4-7,10-11,25H2,1-3H3,(H,28,32,34). The molecule has 35 heavy (non-hydrogen) atoms. The second-order valence-electron chi connectivity index (χ2n) is 8.19. The SMILES string of the molecule is CCCCN(C(=O)c1cc(-c2cccs2)nc2c1cnn2CC)c1c(N)n(CCC)c(=O)[nH]c1=O. The highest BCUT2D eigenvalue weighted by Crippen LogP contribution is 2.30. The monoisotopic (exact) mass is 495 g/mol. The summed E-state index contributed by atoms with van der Waals surface area (Å²) in [6.45, 7) is 7.05. The number of hydrogen-bond acceptors (Lipinski definition) is 7. The van der Waals surface area contributed by atoms with Gasteiger partial charge in [-0.3, -0.25) is 19.1 Å². The molecule has 0 saturated heterocycles. The number of amides is 1. The van der Waals surface area contributed by atoms with E-state index in [0.717, 1.165) is 11.3 Å². The van der Waals surface area contributed by atoms with Crippen LogP contribution in [-0.4, -0.2) is 36.8 Å². The summed E-state index contributed by atoms with van der Waals surface area (Å²) >= 11 is 1.52. The summed E-state index contributed by atoms with van der Waals surface area (Å²) in [5.41, 5.74) is 6.67. The lowest BCUT2D eigenvalue weighted by Crippen LogP contribution is -2.41. The van der Waals surface area contributed by atoms with E-state index in [1.807, 2.05) is 38.3 Å². The van der Waals surface area contributed by atoms with E-state index >= 15 is 0 Å². The minimum atomic E-state index is -0.683.